The van der Waals surface area contributed by atoms with Crippen LogP contribution in [0.1, 0.15) is 44.3 Å². The molecular formula is C17H30N6O2. The minimum absolute atomic E-state index is 0.0657. The Morgan fingerprint density at radius 3 is 2.64 bits per heavy atom. The summed E-state index contributed by atoms with van der Waals surface area (Å²) in [6, 6.07) is 0. The van der Waals surface area contributed by atoms with Crippen LogP contribution < -0.4 is 0 Å². The molecule has 0 N–H and O–H groups in total. The van der Waals surface area contributed by atoms with Crippen LogP contribution in [0.5, 0.6) is 0 Å². The van der Waals surface area contributed by atoms with E-state index in [1.807, 2.05) is 11.9 Å². The smallest absolute Gasteiger partial charge is 0.244 e. The van der Waals surface area contributed by atoms with Crippen LogP contribution in [0.3, 0.4) is 0 Å². The van der Waals surface area contributed by atoms with Crippen molar-refractivity contribution >= 4 is 5.91 Å². The first-order valence-electron chi connectivity index (χ1n) is 9.51. The SMILES string of the molecule is CN(CC1CCOCC1)C(=O)Cn1nnnc1CN1CCCCCC1. The van der Waals surface area contributed by atoms with Crippen molar-refractivity contribution < 1.29 is 9.53 Å². The van der Waals surface area contributed by atoms with Gasteiger partial charge < -0.3 is 9.64 Å². The Hall–Kier alpha value is -1.54. The molecule has 2 saturated heterocycles. The number of amides is 1. The summed E-state index contributed by atoms with van der Waals surface area (Å²) in [4.78, 5) is 16.8. The molecule has 3 heterocycles. The van der Waals surface area contributed by atoms with Crippen molar-refractivity contribution in [3.8, 4) is 0 Å². The van der Waals surface area contributed by atoms with E-state index in [0.717, 1.165) is 58.1 Å². The predicted octanol–water partition coefficient (Wildman–Crippen LogP) is 0.934. The molecule has 140 valence electrons. The highest BCUT2D eigenvalue weighted by atomic mass is 16.5. The van der Waals surface area contributed by atoms with Gasteiger partial charge in [-0.05, 0) is 55.1 Å². The average molecular weight is 350 g/mol. The van der Waals surface area contributed by atoms with Crippen LogP contribution in [0.4, 0.5) is 0 Å². The van der Waals surface area contributed by atoms with E-state index in [1.165, 1.54) is 25.7 Å². The van der Waals surface area contributed by atoms with Crippen LogP contribution >= 0.6 is 0 Å². The molecule has 0 aliphatic carbocycles. The van der Waals surface area contributed by atoms with E-state index in [0.29, 0.717) is 5.92 Å². The van der Waals surface area contributed by atoms with E-state index in [4.69, 9.17) is 4.74 Å². The molecule has 0 radical (unpaired) electrons. The molecule has 8 heteroatoms. The van der Waals surface area contributed by atoms with Crippen LogP contribution in [0.15, 0.2) is 0 Å². The molecule has 1 aromatic rings. The Bertz CT molecular complexity index is 535. The lowest BCUT2D eigenvalue weighted by molar-refractivity contribution is -0.131. The van der Waals surface area contributed by atoms with E-state index in [9.17, 15) is 4.79 Å². The van der Waals surface area contributed by atoms with Crippen molar-refractivity contribution in [1.82, 2.24) is 30.0 Å². The normalized spacial score (nSPS) is 20.4. The van der Waals surface area contributed by atoms with Gasteiger partial charge in [0.1, 0.15) is 6.54 Å². The molecule has 1 aromatic heterocycles. The van der Waals surface area contributed by atoms with Gasteiger partial charge in [-0.15, -0.1) is 5.10 Å². The molecule has 0 aromatic carbocycles. The van der Waals surface area contributed by atoms with Crippen molar-refractivity contribution in [2.75, 3.05) is 39.9 Å². The fraction of sp³-hybridized carbons (Fsp3) is 0.882. The largest absolute Gasteiger partial charge is 0.381 e. The average Bonchev–Trinajstić information content (AvgIpc) is 2.88. The number of nitrogens with zero attached hydrogens (tertiary/aromatic N) is 6. The summed E-state index contributed by atoms with van der Waals surface area (Å²) in [5.74, 6) is 1.39. The van der Waals surface area contributed by atoms with Crippen molar-refractivity contribution in [3.63, 3.8) is 0 Å². The molecule has 0 spiro atoms. The Labute approximate surface area is 149 Å². The molecule has 25 heavy (non-hydrogen) atoms. The molecular weight excluding hydrogens is 320 g/mol. The third kappa shape index (κ3) is 5.47. The fourth-order valence-corrected chi connectivity index (χ4v) is 3.62. The zero-order chi connectivity index (χ0) is 17.5. The van der Waals surface area contributed by atoms with Crippen LogP contribution in [0.25, 0.3) is 0 Å². The Balaban J connectivity index is 1.51. The van der Waals surface area contributed by atoms with Crippen molar-refractivity contribution in [2.45, 2.75) is 51.6 Å². The predicted molar refractivity (Wildman–Crippen MR) is 92.7 cm³/mol. The zero-order valence-corrected chi connectivity index (χ0v) is 15.3. The first kappa shape index (κ1) is 18.3. The molecule has 2 fully saturated rings. The number of tetrazole rings is 1. The van der Waals surface area contributed by atoms with Gasteiger partial charge in [-0.3, -0.25) is 9.69 Å². The first-order valence-corrected chi connectivity index (χ1v) is 9.51. The van der Waals surface area contributed by atoms with Crippen LogP contribution in [0, 0.1) is 5.92 Å². The maximum atomic E-state index is 12.5. The summed E-state index contributed by atoms with van der Waals surface area (Å²) in [7, 11) is 1.87. The van der Waals surface area contributed by atoms with Gasteiger partial charge >= 0.3 is 0 Å². The van der Waals surface area contributed by atoms with Crippen LogP contribution in [-0.4, -0.2) is 75.8 Å². The highest BCUT2D eigenvalue weighted by molar-refractivity contribution is 5.75. The van der Waals surface area contributed by atoms with Crippen molar-refractivity contribution in [3.05, 3.63) is 5.82 Å². The molecule has 3 rings (SSSR count). The number of likely N-dealkylation sites (N-methyl/N-ethyl adjacent to an activating group) is 1. The maximum absolute atomic E-state index is 12.5. The van der Waals surface area contributed by atoms with Gasteiger partial charge in [0.15, 0.2) is 5.82 Å². The monoisotopic (exact) mass is 350 g/mol. The number of carbonyl (C=O) groups excluding carboxylic acids is 1. The van der Waals surface area contributed by atoms with Crippen LogP contribution in [-0.2, 0) is 22.6 Å². The van der Waals surface area contributed by atoms with E-state index in [1.54, 1.807) is 4.68 Å². The molecule has 0 saturated carbocycles. The molecule has 8 nitrogen and oxygen atoms in total. The second-order valence-corrected chi connectivity index (χ2v) is 7.27. The van der Waals surface area contributed by atoms with Crippen molar-refractivity contribution in [1.29, 1.82) is 0 Å². The molecule has 2 aliphatic heterocycles. The van der Waals surface area contributed by atoms with Gasteiger partial charge in [-0.1, -0.05) is 12.8 Å². The quantitative estimate of drug-likeness (QED) is 0.760. The zero-order valence-electron chi connectivity index (χ0n) is 15.3. The van der Waals surface area contributed by atoms with Gasteiger partial charge in [0.05, 0.1) is 6.54 Å². The maximum Gasteiger partial charge on any atom is 0.244 e. The minimum atomic E-state index is 0.0657. The number of ether oxygens (including phenoxy) is 1. The Morgan fingerprint density at radius 1 is 1.20 bits per heavy atom. The first-order chi connectivity index (χ1) is 12.2. The molecule has 2 aliphatic rings. The number of aromatic nitrogens is 4. The lowest BCUT2D eigenvalue weighted by Gasteiger charge is -2.27. The number of hydrogen-bond donors (Lipinski definition) is 0. The lowest BCUT2D eigenvalue weighted by Crippen LogP contribution is -2.37. The standard InChI is InChI=1S/C17H30N6O2/c1-21(12-15-6-10-25-11-7-15)17(24)14-23-16(18-19-20-23)13-22-8-4-2-3-5-9-22/h15H,2-14H2,1H3. The third-order valence-electron chi connectivity index (χ3n) is 5.25. The van der Waals surface area contributed by atoms with Crippen molar-refractivity contribution in [2.24, 2.45) is 5.92 Å². The molecule has 0 atom stereocenters. The summed E-state index contributed by atoms with van der Waals surface area (Å²) < 4.78 is 7.05. The molecule has 0 unspecified atom stereocenters. The Morgan fingerprint density at radius 2 is 1.92 bits per heavy atom. The summed E-state index contributed by atoms with van der Waals surface area (Å²) >= 11 is 0. The minimum Gasteiger partial charge on any atom is -0.381 e. The number of carbonyl (C=O) groups is 1. The second-order valence-electron chi connectivity index (χ2n) is 7.27. The van der Waals surface area contributed by atoms with E-state index in [2.05, 4.69) is 20.4 Å². The highest BCUT2D eigenvalue weighted by Crippen LogP contribution is 2.16. The van der Waals surface area contributed by atoms with Gasteiger partial charge in [-0.2, -0.15) is 0 Å². The topological polar surface area (TPSA) is 76.4 Å². The fourth-order valence-electron chi connectivity index (χ4n) is 3.62. The molecule has 0 bridgehead atoms. The van der Waals surface area contributed by atoms with Gasteiger partial charge in [0.2, 0.25) is 5.91 Å². The van der Waals surface area contributed by atoms with Gasteiger partial charge in [-0.25, -0.2) is 4.68 Å². The lowest BCUT2D eigenvalue weighted by atomic mass is 10.00. The molecule has 1 amide bonds. The second kappa shape index (κ2) is 9.24. The summed E-state index contributed by atoms with van der Waals surface area (Å²) in [5, 5.41) is 12.0. The van der Waals surface area contributed by atoms with Crippen LogP contribution in [0.2, 0.25) is 0 Å². The van der Waals surface area contributed by atoms with E-state index >= 15 is 0 Å². The number of rotatable bonds is 6. The summed E-state index contributed by atoms with van der Waals surface area (Å²) in [6.07, 6.45) is 7.13. The summed E-state index contributed by atoms with van der Waals surface area (Å²) in [5.41, 5.74) is 0. The van der Waals surface area contributed by atoms with E-state index in [-0.39, 0.29) is 12.5 Å². The Kier molecular flexibility index (Phi) is 6.75. The number of hydrogen-bond acceptors (Lipinski definition) is 6. The highest BCUT2D eigenvalue weighted by Gasteiger charge is 2.21. The summed E-state index contributed by atoms with van der Waals surface area (Å²) in [6.45, 7) is 5.51. The van der Waals surface area contributed by atoms with Gasteiger partial charge in [0, 0.05) is 26.8 Å². The third-order valence-corrected chi connectivity index (χ3v) is 5.25. The van der Waals surface area contributed by atoms with E-state index < -0.39 is 0 Å². The van der Waals surface area contributed by atoms with Gasteiger partial charge in [0.25, 0.3) is 0 Å². The number of likely N-dealkylation sites (tertiary alicyclic amines) is 1.